The molecule has 0 unspecified atom stereocenters. The highest BCUT2D eigenvalue weighted by Gasteiger charge is 2.15. The Hall–Kier alpha value is -2.21. The van der Waals surface area contributed by atoms with Gasteiger partial charge in [-0.25, -0.2) is 9.50 Å². The van der Waals surface area contributed by atoms with E-state index in [1.807, 2.05) is 6.20 Å². The van der Waals surface area contributed by atoms with E-state index >= 15 is 0 Å². The Morgan fingerprint density at radius 2 is 2.32 bits per heavy atom. The predicted octanol–water partition coefficient (Wildman–Crippen LogP) is 1.88. The van der Waals surface area contributed by atoms with Gasteiger partial charge < -0.3 is 9.73 Å². The zero-order valence-electron chi connectivity index (χ0n) is 10.7. The van der Waals surface area contributed by atoms with E-state index in [4.69, 9.17) is 4.42 Å². The maximum absolute atomic E-state index is 5.52. The minimum atomic E-state index is 0.692. The van der Waals surface area contributed by atoms with E-state index in [0.717, 1.165) is 35.5 Å². The Bertz CT molecular complexity index is 672. The van der Waals surface area contributed by atoms with Gasteiger partial charge in [-0.1, -0.05) is 6.92 Å². The van der Waals surface area contributed by atoms with Gasteiger partial charge in [-0.3, -0.25) is 4.98 Å². The summed E-state index contributed by atoms with van der Waals surface area (Å²) in [7, 11) is 0. The summed E-state index contributed by atoms with van der Waals surface area (Å²) in [6.45, 7) is 3.79. The fourth-order valence-electron chi connectivity index (χ4n) is 2.01. The molecule has 0 saturated heterocycles. The average molecular weight is 257 g/mol. The van der Waals surface area contributed by atoms with Gasteiger partial charge in [0, 0.05) is 18.9 Å². The lowest BCUT2D eigenvalue weighted by molar-refractivity contribution is 0.570. The molecule has 0 bridgehead atoms. The van der Waals surface area contributed by atoms with Crippen LogP contribution in [0.3, 0.4) is 0 Å². The molecule has 0 radical (unpaired) electrons. The summed E-state index contributed by atoms with van der Waals surface area (Å²) in [5.41, 5.74) is 2.72. The second-order valence-corrected chi connectivity index (χ2v) is 4.27. The fourth-order valence-corrected chi connectivity index (χ4v) is 2.01. The SMILES string of the molecule is CCCNCc1ncoc1-c1cnn2ccncc12. The lowest BCUT2D eigenvalue weighted by Gasteiger charge is -2.01. The van der Waals surface area contributed by atoms with Crippen molar-refractivity contribution in [3.8, 4) is 11.3 Å². The van der Waals surface area contributed by atoms with Crippen LogP contribution in [0.5, 0.6) is 0 Å². The third-order valence-electron chi connectivity index (χ3n) is 2.93. The largest absolute Gasteiger partial charge is 0.443 e. The van der Waals surface area contributed by atoms with Crippen LogP contribution in [-0.2, 0) is 6.54 Å². The molecule has 0 atom stereocenters. The van der Waals surface area contributed by atoms with E-state index in [0.29, 0.717) is 6.54 Å². The summed E-state index contributed by atoms with van der Waals surface area (Å²) in [5.74, 6) is 0.756. The van der Waals surface area contributed by atoms with Crippen LogP contribution < -0.4 is 5.32 Å². The number of aromatic nitrogens is 4. The van der Waals surface area contributed by atoms with Gasteiger partial charge in [0.2, 0.25) is 0 Å². The van der Waals surface area contributed by atoms with Gasteiger partial charge in [0.25, 0.3) is 0 Å². The van der Waals surface area contributed by atoms with Crippen molar-refractivity contribution < 1.29 is 4.42 Å². The van der Waals surface area contributed by atoms with Crippen LogP contribution in [-0.4, -0.2) is 26.1 Å². The molecule has 19 heavy (non-hydrogen) atoms. The molecule has 3 heterocycles. The molecule has 0 amide bonds. The van der Waals surface area contributed by atoms with Crippen molar-refractivity contribution in [2.75, 3.05) is 6.54 Å². The van der Waals surface area contributed by atoms with Crippen LogP contribution in [0.4, 0.5) is 0 Å². The Labute approximate surface area is 110 Å². The molecule has 3 aromatic heterocycles. The molecule has 3 rings (SSSR count). The van der Waals surface area contributed by atoms with Crippen molar-refractivity contribution in [1.29, 1.82) is 0 Å². The molecule has 0 saturated carbocycles. The molecule has 0 aliphatic rings. The first-order chi connectivity index (χ1) is 9.40. The molecule has 98 valence electrons. The number of fused-ring (bicyclic) bond motifs is 1. The second kappa shape index (κ2) is 5.19. The second-order valence-electron chi connectivity index (χ2n) is 4.27. The molecule has 3 aromatic rings. The highest BCUT2D eigenvalue weighted by atomic mass is 16.3. The molecule has 6 heteroatoms. The van der Waals surface area contributed by atoms with Crippen molar-refractivity contribution in [3.05, 3.63) is 36.9 Å². The standard InChI is InChI=1S/C13H15N5O/c1-2-3-14-7-11-13(19-9-16-11)10-6-17-18-5-4-15-8-12(10)18/h4-6,8-9,14H,2-3,7H2,1H3. The smallest absolute Gasteiger partial charge is 0.181 e. The summed E-state index contributed by atoms with van der Waals surface area (Å²) in [6, 6.07) is 0. The Kier molecular flexibility index (Phi) is 3.24. The van der Waals surface area contributed by atoms with Gasteiger partial charge in [-0.05, 0) is 13.0 Å². The number of hydrogen-bond donors (Lipinski definition) is 1. The Morgan fingerprint density at radius 1 is 1.37 bits per heavy atom. The van der Waals surface area contributed by atoms with E-state index in [9.17, 15) is 0 Å². The third kappa shape index (κ3) is 2.22. The molecule has 0 spiro atoms. The molecule has 0 aliphatic carbocycles. The van der Waals surface area contributed by atoms with Crippen molar-refractivity contribution in [2.45, 2.75) is 19.9 Å². The predicted molar refractivity (Wildman–Crippen MR) is 70.5 cm³/mol. The maximum Gasteiger partial charge on any atom is 0.181 e. The summed E-state index contributed by atoms with van der Waals surface area (Å²) < 4.78 is 7.29. The number of rotatable bonds is 5. The van der Waals surface area contributed by atoms with Gasteiger partial charge in [0.05, 0.1) is 23.5 Å². The van der Waals surface area contributed by atoms with Crippen LogP contribution in [0.25, 0.3) is 16.8 Å². The van der Waals surface area contributed by atoms with Gasteiger partial charge >= 0.3 is 0 Å². The molecule has 1 N–H and O–H groups in total. The van der Waals surface area contributed by atoms with Crippen LogP contribution in [0.15, 0.2) is 35.6 Å². The first-order valence-electron chi connectivity index (χ1n) is 6.31. The average Bonchev–Trinajstić information content (AvgIpc) is 3.04. The number of nitrogens with one attached hydrogen (secondary N) is 1. The lowest BCUT2D eigenvalue weighted by atomic mass is 10.2. The first kappa shape index (κ1) is 11.9. The highest BCUT2D eigenvalue weighted by molar-refractivity contribution is 5.77. The van der Waals surface area contributed by atoms with Gasteiger partial charge in [-0.2, -0.15) is 5.10 Å². The van der Waals surface area contributed by atoms with Gasteiger partial charge in [-0.15, -0.1) is 0 Å². The zero-order chi connectivity index (χ0) is 13.1. The van der Waals surface area contributed by atoms with Gasteiger partial charge in [0.1, 0.15) is 5.69 Å². The summed E-state index contributed by atoms with van der Waals surface area (Å²) in [5, 5.41) is 7.60. The number of nitrogens with zero attached hydrogens (tertiary/aromatic N) is 4. The van der Waals surface area contributed by atoms with Crippen LogP contribution in [0.1, 0.15) is 19.0 Å². The van der Waals surface area contributed by atoms with Crippen LogP contribution in [0.2, 0.25) is 0 Å². The normalized spacial score (nSPS) is 11.2. The summed E-state index contributed by atoms with van der Waals surface area (Å²) >= 11 is 0. The van der Waals surface area contributed by atoms with E-state index in [1.165, 1.54) is 6.39 Å². The van der Waals surface area contributed by atoms with Crippen molar-refractivity contribution in [2.24, 2.45) is 0 Å². The molecular weight excluding hydrogens is 242 g/mol. The Balaban J connectivity index is 1.96. The van der Waals surface area contributed by atoms with E-state index in [2.05, 4.69) is 27.3 Å². The van der Waals surface area contributed by atoms with Crippen molar-refractivity contribution in [1.82, 2.24) is 24.9 Å². The molecule has 0 fully saturated rings. The Morgan fingerprint density at radius 3 is 3.21 bits per heavy atom. The van der Waals surface area contributed by atoms with Gasteiger partial charge in [0.15, 0.2) is 12.2 Å². The molecule has 0 aromatic carbocycles. The first-order valence-corrected chi connectivity index (χ1v) is 6.31. The topological polar surface area (TPSA) is 68.2 Å². The van der Waals surface area contributed by atoms with Crippen LogP contribution >= 0.6 is 0 Å². The van der Waals surface area contributed by atoms with Crippen LogP contribution in [0, 0.1) is 0 Å². The van der Waals surface area contributed by atoms with E-state index < -0.39 is 0 Å². The van der Waals surface area contributed by atoms with E-state index in [1.54, 1.807) is 23.1 Å². The summed E-state index contributed by atoms with van der Waals surface area (Å²) in [6.07, 6.45) is 9.62. The lowest BCUT2D eigenvalue weighted by Crippen LogP contribution is -2.14. The number of hydrogen-bond acceptors (Lipinski definition) is 5. The fraction of sp³-hybridized carbons (Fsp3) is 0.308. The van der Waals surface area contributed by atoms with E-state index in [-0.39, 0.29) is 0 Å². The molecular formula is C13H15N5O. The summed E-state index contributed by atoms with van der Waals surface area (Å²) in [4.78, 5) is 8.39. The van der Waals surface area contributed by atoms with Crippen molar-refractivity contribution >= 4 is 5.52 Å². The minimum Gasteiger partial charge on any atom is -0.443 e. The quantitative estimate of drug-likeness (QED) is 0.707. The molecule has 6 nitrogen and oxygen atoms in total. The monoisotopic (exact) mass is 257 g/mol. The third-order valence-corrected chi connectivity index (χ3v) is 2.93. The maximum atomic E-state index is 5.52. The minimum absolute atomic E-state index is 0.692. The molecule has 0 aliphatic heterocycles. The van der Waals surface area contributed by atoms with Crippen molar-refractivity contribution in [3.63, 3.8) is 0 Å². The number of oxazole rings is 1. The zero-order valence-corrected chi connectivity index (χ0v) is 10.7. The highest BCUT2D eigenvalue weighted by Crippen LogP contribution is 2.26.